The minimum atomic E-state index is 0.376. The molecule has 2 aromatic rings. The standard InChI is InChI=1S/C21H23NO2/c1-3-9-20(10-4-1)23-17-7-8-18-24-21-13-11-19(12-14-21)22-15-5-2-6-16-22/h1,3-4,9-14H,2,5-6,15-18H2. The predicted octanol–water partition coefficient (Wildman–Crippen LogP) is 4.14. The van der Waals surface area contributed by atoms with Gasteiger partial charge in [0.05, 0.1) is 0 Å². The van der Waals surface area contributed by atoms with Crippen molar-refractivity contribution >= 4 is 5.69 Å². The third-order valence-corrected chi connectivity index (χ3v) is 4.05. The van der Waals surface area contributed by atoms with Crippen LogP contribution in [0.1, 0.15) is 19.3 Å². The molecule has 0 bridgehead atoms. The minimum absolute atomic E-state index is 0.376. The minimum Gasteiger partial charge on any atom is -0.481 e. The van der Waals surface area contributed by atoms with Crippen LogP contribution in [-0.4, -0.2) is 26.3 Å². The van der Waals surface area contributed by atoms with E-state index in [0.717, 1.165) is 24.6 Å². The van der Waals surface area contributed by atoms with Gasteiger partial charge in [0.15, 0.2) is 0 Å². The average molecular weight is 321 g/mol. The molecule has 0 N–H and O–H groups in total. The lowest BCUT2D eigenvalue weighted by molar-refractivity contribution is 0.362. The van der Waals surface area contributed by atoms with Crippen LogP contribution in [0.25, 0.3) is 0 Å². The first kappa shape index (κ1) is 16.3. The van der Waals surface area contributed by atoms with E-state index in [1.165, 1.54) is 24.9 Å². The lowest BCUT2D eigenvalue weighted by atomic mass is 10.1. The van der Waals surface area contributed by atoms with E-state index in [1.54, 1.807) is 0 Å². The van der Waals surface area contributed by atoms with Crippen molar-refractivity contribution in [1.29, 1.82) is 0 Å². The molecule has 0 saturated carbocycles. The van der Waals surface area contributed by atoms with Crippen LogP contribution in [0.2, 0.25) is 0 Å². The van der Waals surface area contributed by atoms with Crippen LogP contribution < -0.4 is 14.4 Å². The van der Waals surface area contributed by atoms with Crippen LogP contribution in [0.5, 0.6) is 11.5 Å². The number of piperidine rings is 1. The maximum atomic E-state index is 5.65. The number of benzene rings is 2. The van der Waals surface area contributed by atoms with Gasteiger partial charge in [0.25, 0.3) is 0 Å². The lowest BCUT2D eigenvalue weighted by Crippen LogP contribution is -2.29. The van der Waals surface area contributed by atoms with Gasteiger partial charge in [-0.1, -0.05) is 30.0 Å². The molecule has 0 unspecified atom stereocenters. The van der Waals surface area contributed by atoms with Crippen molar-refractivity contribution < 1.29 is 9.47 Å². The highest BCUT2D eigenvalue weighted by Crippen LogP contribution is 2.22. The van der Waals surface area contributed by atoms with Crippen molar-refractivity contribution in [3.63, 3.8) is 0 Å². The van der Waals surface area contributed by atoms with Gasteiger partial charge in [0.2, 0.25) is 0 Å². The molecule has 1 fully saturated rings. The number of hydrogen-bond acceptors (Lipinski definition) is 3. The first-order valence-electron chi connectivity index (χ1n) is 8.53. The Balaban J connectivity index is 1.40. The Labute approximate surface area is 144 Å². The first-order valence-corrected chi connectivity index (χ1v) is 8.53. The summed E-state index contributed by atoms with van der Waals surface area (Å²) in [4.78, 5) is 2.44. The molecular weight excluding hydrogens is 298 g/mol. The normalized spacial score (nSPS) is 13.8. The summed E-state index contributed by atoms with van der Waals surface area (Å²) in [6, 6.07) is 18.0. The molecular formula is C21H23NO2. The second-order valence-corrected chi connectivity index (χ2v) is 5.79. The van der Waals surface area contributed by atoms with Gasteiger partial charge in [-0.05, 0) is 55.7 Å². The Morgan fingerprint density at radius 1 is 0.708 bits per heavy atom. The van der Waals surface area contributed by atoms with Crippen molar-refractivity contribution in [3.05, 3.63) is 54.6 Å². The van der Waals surface area contributed by atoms with E-state index in [4.69, 9.17) is 9.47 Å². The van der Waals surface area contributed by atoms with Crippen molar-refractivity contribution in [1.82, 2.24) is 0 Å². The van der Waals surface area contributed by atoms with Crippen LogP contribution in [0, 0.1) is 11.8 Å². The van der Waals surface area contributed by atoms with Crippen LogP contribution in [0.3, 0.4) is 0 Å². The molecule has 0 aromatic heterocycles. The fraction of sp³-hybridized carbons (Fsp3) is 0.333. The number of para-hydroxylation sites is 1. The Bertz CT molecular complexity index is 664. The molecule has 1 aliphatic rings. The van der Waals surface area contributed by atoms with Crippen LogP contribution in [-0.2, 0) is 0 Å². The van der Waals surface area contributed by atoms with Gasteiger partial charge < -0.3 is 14.4 Å². The summed E-state index contributed by atoms with van der Waals surface area (Å²) < 4.78 is 11.2. The second kappa shape index (κ2) is 8.88. The Hall–Kier alpha value is -2.60. The zero-order valence-electron chi connectivity index (χ0n) is 13.9. The third-order valence-electron chi connectivity index (χ3n) is 4.05. The summed E-state index contributed by atoms with van der Waals surface area (Å²) in [7, 11) is 0. The Kier molecular flexibility index (Phi) is 6.02. The molecule has 24 heavy (non-hydrogen) atoms. The zero-order valence-corrected chi connectivity index (χ0v) is 13.9. The molecule has 0 amide bonds. The maximum absolute atomic E-state index is 5.65. The molecule has 2 aromatic carbocycles. The molecule has 3 rings (SSSR count). The van der Waals surface area contributed by atoms with E-state index in [1.807, 2.05) is 42.5 Å². The highest BCUT2D eigenvalue weighted by Gasteiger charge is 2.10. The molecule has 1 heterocycles. The summed E-state index contributed by atoms with van der Waals surface area (Å²) in [6.07, 6.45) is 3.93. The highest BCUT2D eigenvalue weighted by molar-refractivity contribution is 5.49. The van der Waals surface area contributed by atoms with Crippen LogP contribution in [0.15, 0.2) is 54.6 Å². The van der Waals surface area contributed by atoms with Gasteiger partial charge in [-0.3, -0.25) is 0 Å². The number of rotatable bonds is 5. The van der Waals surface area contributed by atoms with E-state index < -0.39 is 0 Å². The van der Waals surface area contributed by atoms with Crippen molar-refractivity contribution in [2.45, 2.75) is 19.3 Å². The first-order chi connectivity index (χ1) is 11.9. The molecule has 124 valence electrons. The summed E-state index contributed by atoms with van der Waals surface area (Å²) in [5.74, 6) is 7.63. The lowest BCUT2D eigenvalue weighted by Gasteiger charge is -2.28. The summed E-state index contributed by atoms with van der Waals surface area (Å²) in [5.41, 5.74) is 1.28. The number of hydrogen-bond donors (Lipinski definition) is 0. The van der Waals surface area contributed by atoms with Gasteiger partial charge in [0.1, 0.15) is 24.7 Å². The van der Waals surface area contributed by atoms with Gasteiger partial charge in [-0.15, -0.1) is 0 Å². The molecule has 0 radical (unpaired) electrons. The van der Waals surface area contributed by atoms with Gasteiger partial charge >= 0.3 is 0 Å². The van der Waals surface area contributed by atoms with Gasteiger partial charge in [0, 0.05) is 18.8 Å². The van der Waals surface area contributed by atoms with Crippen molar-refractivity contribution in [2.24, 2.45) is 0 Å². The topological polar surface area (TPSA) is 21.7 Å². The molecule has 0 atom stereocenters. The fourth-order valence-electron chi connectivity index (χ4n) is 2.76. The maximum Gasteiger partial charge on any atom is 0.149 e. The Morgan fingerprint density at radius 3 is 1.92 bits per heavy atom. The SMILES string of the molecule is C(#CCOc1ccc(N2CCCCC2)cc1)COc1ccccc1. The number of anilines is 1. The zero-order chi connectivity index (χ0) is 16.5. The highest BCUT2D eigenvalue weighted by atomic mass is 16.5. The van der Waals surface area contributed by atoms with E-state index in [-0.39, 0.29) is 0 Å². The molecule has 1 aliphatic heterocycles. The summed E-state index contributed by atoms with van der Waals surface area (Å²) >= 11 is 0. The van der Waals surface area contributed by atoms with Gasteiger partial charge in [-0.2, -0.15) is 0 Å². The average Bonchev–Trinajstić information content (AvgIpc) is 2.67. The van der Waals surface area contributed by atoms with Crippen LogP contribution in [0.4, 0.5) is 5.69 Å². The monoisotopic (exact) mass is 321 g/mol. The predicted molar refractivity (Wildman–Crippen MR) is 97.7 cm³/mol. The smallest absolute Gasteiger partial charge is 0.149 e. The third kappa shape index (κ3) is 4.96. The largest absolute Gasteiger partial charge is 0.481 e. The Morgan fingerprint density at radius 2 is 1.29 bits per heavy atom. The summed E-state index contributed by atoms with van der Waals surface area (Å²) in [5, 5.41) is 0. The fourth-order valence-corrected chi connectivity index (χ4v) is 2.76. The second-order valence-electron chi connectivity index (χ2n) is 5.79. The van der Waals surface area contributed by atoms with E-state index >= 15 is 0 Å². The molecule has 0 spiro atoms. The number of ether oxygens (including phenoxy) is 2. The van der Waals surface area contributed by atoms with E-state index in [0.29, 0.717) is 13.2 Å². The molecule has 1 saturated heterocycles. The van der Waals surface area contributed by atoms with Crippen molar-refractivity contribution in [3.8, 4) is 23.3 Å². The van der Waals surface area contributed by atoms with Crippen LogP contribution >= 0.6 is 0 Å². The number of nitrogens with zero attached hydrogens (tertiary/aromatic N) is 1. The molecule has 3 heteroatoms. The quantitative estimate of drug-likeness (QED) is 0.773. The van der Waals surface area contributed by atoms with E-state index in [9.17, 15) is 0 Å². The molecule has 3 nitrogen and oxygen atoms in total. The van der Waals surface area contributed by atoms with Gasteiger partial charge in [-0.25, -0.2) is 0 Å². The van der Waals surface area contributed by atoms with E-state index in [2.05, 4.69) is 28.9 Å². The molecule has 0 aliphatic carbocycles. The summed E-state index contributed by atoms with van der Waals surface area (Å²) in [6.45, 7) is 3.07. The van der Waals surface area contributed by atoms with Crippen molar-refractivity contribution in [2.75, 3.05) is 31.2 Å².